The molecule has 1 unspecified atom stereocenters. The fourth-order valence-corrected chi connectivity index (χ4v) is 2.23. The molecule has 0 amide bonds. The van der Waals surface area contributed by atoms with Crippen LogP contribution in [0.1, 0.15) is 27.7 Å². The number of allylic oxidation sites excluding steroid dienone is 1. The Balaban J connectivity index is 0. The second kappa shape index (κ2) is 6.74. The van der Waals surface area contributed by atoms with E-state index in [9.17, 15) is 9.90 Å². The van der Waals surface area contributed by atoms with Crippen molar-refractivity contribution in [2.75, 3.05) is 0 Å². The number of aliphatic hydroxyl groups excluding tert-OH is 1. The summed E-state index contributed by atoms with van der Waals surface area (Å²) in [6.45, 7) is 13.4. The maximum absolute atomic E-state index is 11.7. The summed E-state index contributed by atoms with van der Waals surface area (Å²) in [6.07, 6.45) is 0.807. The number of carbonyl (C=O) groups is 1. The number of ketones is 1. The molecule has 0 aliphatic carbocycles. The first kappa shape index (κ1) is 19.3. The van der Waals surface area contributed by atoms with Crippen molar-refractivity contribution in [1.82, 2.24) is 0 Å². The van der Waals surface area contributed by atoms with Crippen LogP contribution < -0.4 is 0 Å². The van der Waals surface area contributed by atoms with E-state index in [0.29, 0.717) is 0 Å². The third-order valence-electron chi connectivity index (χ3n) is 1.98. The molecule has 0 saturated heterocycles. The van der Waals surface area contributed by atoms with Crippen LogP contribution >= 0.6 is 0 Å². The molecular weight excluding hydrogens is 284 g/mol. The standard InChI is InChI=1S/C12H24O3Si.Cu/c1-9(15-16(5,6)7)10(13)8-11(14)12(2,3)4;/h8-9,14H,1-7H3;/b11-8-;. The fraction of sp³-hybridized carbons (Fsp3) is 0.750. The Morgan fingerprint density at radius 2 is 1.71 bits per heavy atom. The summed E-state index contributed by atoms with van der Waals surface area (Å²) in [7, 11) is -1.71. The van der Waals surface area contributed by atoms with Crippen LogP contribution in [0.25, 0.3) is 0 Å². The van der Waals surface area contributed by atoms with Gasteiger partial charge < -0.3 is 9.53 Å². The summed E-state index contributed by atoms with van der Waals surface area (Å²) in [4.78, 5) is 11.7. The van der Waals surface area contributed by atoms with E-state index in [2.05, 4.69) is 0 Å². The average molecular weight is 308 g/mol. The van der Waals surface area contributed by atoms with E-state index in [0.717, 1.165) is 0 Å². The predicted octanol–water partition coefficient (Wildman–Crippen LogP) is 3.28. The molecule has 0 saturated carbocycles. The van der Waals surface area contributed by atoms with Gasteiger partial charge in [-0.05, 0) is 26.6 Å². The van der Waals surface area contributed by atoms with Gasteiger partial charge in [-0.3, -0.25) is 4.79 Å². The topological polar surface area (TPSA) is 46.5 Å². The molecule has 0 aliphatic rings. The molecule has 105 valence electrons. The molecule has 17 heavy (non-hydrogen) atoms. The largest absolute Gasteiger partial charge is 0.512 e. The maximum Gasteiger partial charge on any atom is 0.186 e. The van der Waals surface area contributed by atoms with Crippen molar-refractivity contribution in [1.29, 1.82) is 0 Å². The van der Waals surface area contributed by atoms with Crippen molar-refractivity contribution >= 4 is 14.1 Å². The van der Waals surface area contributed by atoms with Crippen LogP contribution in [0.3, 0.4) is 0 Å². The van der Waals surface area contributed by atoms with E-state index in [1.807, 2.05) is 40.4 Å². The number of aliphatic hydroxyl groups is 1. The third-order valence-corrected chi connectivity index (χ3v) is 3.04. The first-order valence-corrected chi connectivity index (χ1v) is 8.97. The Morgan fingerprint density at radius 3 is 2.00 bits per heavy atom. The molecule has 3 nitrogen and oxygen atoms in total. The second-order valence-corrected chi connectivity index (χ2v) is 10.5. The smallest absolute Gasteiger partial charge is 0.186 e. The van der Waals surface area contributed by atoms with Gasteiger partial charge in [-0.1, -0.05) is 20.8 Å². The van der Waals surface area contributed by atoms with E-state index in [4.69, 9.17) is 4.43 Å². The molecule has 0 rings (SSSR count). The molecule has 0 aromatic carbocycles. The summed E-state index contributed by atoms with van der Waals surface area (Å²) in [6, 6.07) is 0. The number of carbonyl (C=O) groups excluding carboxylic acids is 1. The molecule has 0 bridgehead atoms. The minimum atomic E-state index is -1.71. The number of hydrogen-bond acceptors (Lipinski definition) is 3. The van der Waals surface area contributed by atoms with Crippen molar-refractivity contribution < 1.29 is 31.4 Å². The van der Waals surface area contributed by atoms with Crippen molar-refractivity contribution in [3.8, 4) is 0 Å². The quantitative estimate of drug-likeness (QED) is 0.492. The zero-order valence-corrected chi connectivity index (χ0v) is 13.7. The Morgan fingerprint density at radius 1 is 1.29 bits per heavy atom. The van der Waals surface area contributed by atoms with Gasteiger partial charge in [0, 0.05) is 28.6 Å². The molecule has 1 atom stereocenters. The van der Waals surface area contributed by atoms with Crippen LogP contribution in [-0.4, -0.2) is 25.3 Å². The first-order chi connectivity index (χ1) is 6.93. The van der Waals surface area contributed by atoms with Gasteiger partial charge in [-0.15, -0.1) is 0 Å². The first-order valence-electron chi connectivity index (χ1n) is 5.56. The molecule has 0 heterocycles. The summed E-state index contributed by atoms with van der Waals surface area (Å²) < 4.78 is 5.65. The van der Waals surface area contributed by atoms with Crippen LogP contribution in [0.15, 0.2) is 11.8 Å². The molecule has 0 fully saturated rings. The SMILES string of the molecule is CC(O[Si](C)(C)C)C(=O)/C=C(\O)C(C)(C)C.[Cu]. The van der Waals surface area contributed by atoms with Crippen molar-refractivity contribution in [3.05, 3.63) is 11.8 Å². The summed E-state index contributed by atoms with van der Waals surface area (Å²) in [5.74, 6) is -0.0709. The summed E-state index contributed by atoms with van der Waals surface area (Å²) in [5, 5.41) is 9.70. The zero-order chi connectivity index (χ0) is 13.1. The molecular formula is C12H24CuO3Si. The molecule has 1 radical (unpaired) electrons. The Bertz CT molecular complexity index is 287. The Labute approximate surface area is 116 Å². The molecule has 5 heteroatoms. The predicted molar refractivity (Wildman–Crippen MR) is 69.1 cm³/mol. The normalized spacial score (nSPS) is 15.1. The summed E-state index contributed by atoms with van der Waals surface area (Å²) >= 11 is 0. The zero-order valence-electron chi connectivity index (χ0n) is 11.7. The van der Waals surface area contributed by atoms with Crippen LogP contribution in [0, 0.1) is 5.41 Å². The monoisotopic (exact) mass is 307 g/mol. The minimum absolute atomic E-state index is 0. The van der Waals surface area contributed by atoms with Gasteiger partial charge >= 0.3 is 0 Å². The van der Waals surface area contributed by atoms with Crippen LogP contribution in [-0.2, 0) is 26.3 Å². The molecule has 0 aromatic heterocycles. The van der Waals surface area contributed by atoms with E-state index in [1.165, 1.54) is 6.08 Å². The van der Waals surface area contributed by atoms with E-state index >= 15 is 0 Å². The van der Waals surface area contributed by atoms with Crippen LogP contribution in [0.5, 0.6) is 0 Å². The molecule has 0 spiro atoms. The molecule has 1 N–H and O–H groups in total. The van der Waals surface area contributed by atoms with Gasteiger partial charge in [-0.2, -0.15) is 0 Å². The van der Waals surface area contributed by atoms with Crippen LogP contribution in [0.2, 0.25) is 19.6 Å². The Kier molecular flexibility index (Phi) is 7.63. The van der Waals surface area contributed by atoms with E-state index in [-0.39, 0.29) is 28.6 Å². The van der Waals surface area contributed by atoms with Gasteiger partial charge in [-0.25, -0.2) is 0 Å². The van der Waals surface area contributed by atoms with Gasteiger partial charge in [0.15, 0.2) is 14.1 Å². The van der Waals surface area contributed by atoms with Crippen molar-refractivity contribution in [2.24, 2.45) is 5.41 Å². The Hall–Kier alpha value is -0.0936. The van der Waals surface area contributed by atoms with Gasteiger partial charge in [0.1, 0.15) is 11.9 Å². The van der Waals surface area contributed by atoms with Crippen molar-refractivity contribution in [2.45, 2.75) is 53.4 Å². The van der Waals surface area contributed by atoms with E-state index in [1.54, 1.807) is 6.92 Å². The molecule has 0 aliphatic heterocycles. The van der Waals surface area contributed by atoms with E-state index < -0.39 is 19.8 Å². The van der Waals surface area contributed by atoms with Gasteiger partial charge in [0.2, 0.25) is 0 Å². The minimum Gasteiger partial charge on any atom is -0.512 e. The summed E-state index contributed by atoms with van der Waals surface area (Å²) in [5.41, 5.74) is -0.394. The molecule has 0 aromatic rings. The maximum atomic E-state index is 11.7. The second-order valence-electron chi connectivity index (χ2n) is 6.05. The number of rotatable bonds is 4. The van der Waals surface area contributed by atoms with Gasteiger partial charge in [0.25, 0.3) is 0 Å². The third kappa shape index (κ3) is 8.61. The van der Waals surface area contributed by atoms with Gasteiger partial charge in [0.05, 0.1) is 0 Å². The van der Waals surface area contributed by atoms with Crippen LogP contribution in [0.4, 0.5) is 0 Å². The fourth-order valence-electron chi connectivity index (χ4n) is 1.06. The average Bonchev–Trinajstić information content (AvgIpc) is 1.98. The van der Waals surface area contributed by atoms with Crippen molar-refractivity contribution in [3.63, 3.8) is 0 Å². The number of hydrogen-bond donors (Lipinski definition) is 1.